The Labute approximate surface area is 134 Å². The van der Waals surface area contributed by atoms with Crippen molar-refractivity contribution in [3.63, 3.8) is 0 Å². The van der Waals surface area contributed by atoms with Crippen molar-refractivity contribution >= 4 is 11.8 Å². The van der Waals surface area contributed by atoms with Gasteiger partial charge in [-0.15, -0.1) is 0 Å². The van der Waals surface area contributed by atoms with E-state index >= 15 is 0 Å². The molecule has 2 nitrogen and oxygen atoms in total. The number of rotatable bonds is 7. The van der Waals surface area contributed by atoms with Gasteiger partial charge in [-0.05, 0) is 37.3 Å². The van der Waals surface area contributed by atoms with Crippen LogP contribution in [0.1, 0.15) is 44.7 Å². The van der Waals surface area contributed by atoms with Gasteiger partial charge in [-0.25, -0.2) is 0 Å². The van der Waals surface area contributed by atoms with Crippen LogP contribution in [0.5, 0.6) is 0 Å². The van der Waals surface area contributed by atoms with Crippen molar-refractivity contribution in [1.29, 1.82) is 0 Å². The molecule has 21 heavy (non-hydrogen) atoms. The van der Waals surface area contributed by atoms with E-state index in [1.807, 2.05) is 11.8 Å². The molecule has 1 fully saturated rings. The Hall–Kier alpha value is -0.510. The molecule has 0 aromatic heterocycles. The molecule has 1 aromatic rings. The lowest BCUT2D eigenvalue weighted by molar-refractivity contribution is 0.0845. The van der Waals surface area contributed by atoms with Crippen molar-refractivity contribution in [2.24, 2.45) is 0 Å². The Balaban J connectivity index is 2.09. The van der Waals surface area contributed by atoms with Crippen LogP contribution in [0.25, 0.3) is 0 Å². The molecule has 1 aliphatic rings. The lowest BCUT2D eigenvalue weighted by atomic mass is 9.97. The standard InChI is InChI=1S/C18H30N2S/c1-4-8-17-14-20(15(2)11-12-21-3)18(13-19-17)16-9-6-5-7-10-16/h5-7,9-10,15,17-19H,4,8,11-14H2,1-3H3. The highest BCUT2D eigenvalue weighted by molar-refractivity contribution is 7.98. The summed E-state index contributed by atoms with van der Waals surface area (Å²) in [6.07, 6.45) is 6.04. The Morgan fingerprint density at radius 2 is 2.10 bits per heavy atom. The molecular weight excluding hydrogens is 276 g/mol. The summed E-state index contributed by atoms with van der Waals surface area (Å²) in [7, 11) is 0. The maximum atomic E-state index is 3.76. The first-order chi connectivity index (χ1) is 10.3. The van der Waals surface area contributed by atoms with Gasteiger partial charge in [0.05, 0.1) is 0 Å². The molecular formula is C18H30N2S. The van der Waals surface area contributed by atoms with Gasteiger partial charge in [0.15, 0.2) is 0 Å². The smallest absolute Gasteiger partial charge is 0.0476 e. The van der Waals surface area contributed by atoms with Gasteiger partial charge < -0.3 is 5.32 Å². The van der Waals surface area contributed by atoms with E-state index < -0.39 is 0 Å². The van der Waals surface area contributed by atoms with Crippen LogP contribution in [-0.4, -0.2) is 42.1 Å². The summed E-state index contributed by atoms with van der Waals surface area (Å²) in [5.74, 6) is 1.26. The highest BCUT2D eigenvalue weighted by Gasteiger charge is 2.31. The quantitative estimate of drug-likeness (QED) is 0.821. The van der Waals surface area contributed by atoms with Crippen LogP contribution in [-0.2, 0) is 0 Å². The van der Waals surface area contributed by atoms with Gasteiger partial charge in [-0.2, -0.15) is 11.8 Å². The van der Waals surface area contributed by atoms with Gasteiger partial charge >= 0.3 is 0 Å². The number of hydrogen-bond acceptors (Lipinski definition) is 3. The molecule has 0 spiro atoms. The third-order valence-electron chi connectivity index (χ3n) is 4.56. The van der Waals surface area contributed by atoms with Crippen molar-refractivity contribution in [2.45, 2.75) is 51.2 Å². The van der Waals surface area contributed by atoms with Crippen LogP contribution in [0.2, 0.25) is 0 Å². The number of piperazine rings is 1. The molecule has 1 N–H and O–H groups in total. The molecule has 0 radical (unpaired) electrons. The first-order valence-electron chi connectivity index (χ1n) is 8.29. The van der Waals surface area contributed by atoms with Crippen LogP contribution in [0.3, 0.4) is 0 Å². The zero-order valence-electron chi connectivity index (χ0n) is 13.7. The highest BCUT2D eigenvalue weighted by Crippen LogP contribution is 2.28. The molecule has 1 aliphatic heterocycles. The lowest BCUT2D eigenvalue weighted by Gasteiger charge is -2.44. The average molecular weight is 307 g/mol. The fourth-order valence-electron chi connectivity index (χ4n) is 3.31. The summed E-state index contributed by atoms with van der Waals surface area (Å²) in [5, 5.41) is 3.76. The van der Waals surface area contributed by atoms with E-state index in [0.717, 1.165) is 6.54 Å². The SMILES string of the molecule is CCCC1CN(C(C)CCSC)C(c2ccccc2)CN1. The maximum absolute atomic E-state index is 3.76. The molecule has 1 saturated heterocycles. The first kappa shape index (κ1) is 16.9. The van der Waals surface area contributed by atoms with Crippen molar-refractivity contribution < 1.29 is 0 Å². The molecule has 0 saturated carbocycles. The minimum Gasteiger partial charge on any atom is -0.311 e. The Kier molecular flexibility index (Phi) is 7.08. The summed E-state index contributed by atoms with van der Waals surface area (Å²) < 4.78 is 0. The predicted molar refractivity (Wildman–Crippen MR) is 95.0 cm³/mol. The fourth-order valence-corrected chi connectivity index (χ4v) is 3.89. The molecule has 3 atom stereocenters. The first-order valence-corrected chi connectivity index (χ1v) is 9.68. The molecule has 0 aliphatic carbocycles. The molecule has 0 bridgehead atoms. The Morgan fingerprint density at radius 1 is 1.33 bits per heavy atom. The second-order valence-electron chi connectivity index (χ2n) is 6.15. The lowest BCUT2D eigenvalue weighted by Crippen LogP contribution is -2.54. The molecule has 0 amide bonds. The van der Waals surface area contributed by atoms with Crippen molar-refractivity contribution in [3.8, 4) is 0 Å². The van der Waals surface area contributed by atoms with Crippen LogP contribution < -0.4 is 5.32 Å². The fraction of sp³-hybridized carbons (Fsp3) is 0.667. The van der Waals surface area contributed by atoms with Crippen molar-refractivity contribution in [3.05, 3.63) is 35.9 Å². The molecule has 1 aromatic carbocycles. The Bertz CT molecular complexity index is 395. The van der Waals surface area contributed by atoms with Gasteiger partial charge in [-0.1, -0.05) is 43.7 Å². The van der Waals surface area contributed by atoms with Crippen molar-refractivity contribution in [1.82, 2.24) is 10.2 Å². The van der Waals surface area contributed by atoms with Crippen LogP contribution in [0, 0.1) is 0 Å². The predicted octanol–water partition coefficient (Wildman–Crippen LogP) is 3.94. The second kappa shape index (κ2) is 8.82. The average Bonchev–Trinajstić information content (AvgIpc) is 2.53. The normalized spacial score (nSPS) is 24.9. The van der Waals surface area contributed by atoms with E-state index in [0.29, 0.717) is 18.1 Å². The second-order valence-corrected chi connectivity index (χ2v) is 7.13. The summed E-state index contributed by atoms with van der Waals surface area (Å²) in [5.41, 5.74) is 1.45. The van der Waals surface area contributed by atoms with E-state index in [1.54, 1.807) is 0 Å². The Morgan fingerprint density at radius 3 is 2.76 bits per heavy atom. The summed E-state index contributed by atoms with van der Waals surface area (Å²) in [6.45, 7) is 6.95. The van der Waals surface area contributed by atoms with Gasteiger partial charge in [0.25, 0.3) is 0 Å². The van der Waals surface area contributed by atoms with Gasteiger partial charge in [0, 0.05) is 31.2 Å². The van der Waals surface area contributed by atoms with E-state index in [4.69, 9.17) is 0 Å². The summed E-state index contributed by atoms with van der Waals surface area (Å²) in [4.78, 5) is 2.74. The molecule has 2 rings (SSSR count). The number of nitrogens with one attached hydrogen (secondary N) is 1. The topological polar surface area (TPSA) is 15.3 Å². The van der Waals surface area contributed by atoms with Gasteiger partial charge in [0.2, 0.25) is 0 Å². The van der Waals surface area contributed by atoms with Crippen LogP contribution in [0.15, 0.2) is 30.3 Å². The molecule has 3 heteroatoms. The molecule has 1 heterocycles. The minimum atomic E-state index is 0.524. The number of hydrogen-bond donors (Lipinski definition) is 1. The third-order valence-corrected chi connectivity index (χ3v) is 5.20. The monoisotopic (exact) mass is 306 g/mol. The summed E-state index contributed by atoms with van der Waals surface area (Å²) in [6, 6.07) is 12.8. The minimum absolute atomic E-state index is 0.524. The molecule has 3 unspecified atom stereocenters. The number of benzene rings is 1. The highest BCUT2D eigenvalue weighted by atomic mass is 32.2. The van der Waals surface area contributed by atoms with Crippen molar-refractivity contribution in [2.75, 3.05) is 25.1 Å². The zero-order valence-corrected chi connectivity index (χ0v) is 14.5. The van der Waals surface area contributed by atoms with E-state index in [9.17, 15) is 0 Å². The van der Waals surface area contributed by atoms with Gasteiger partial charge in [-0.3, -0.25) is 4.90 Å². The summed E-state index contributed by atoms with van der Waals surface area (Å²) >= 11 is 1.96. The van der Waals surface area contributed by atoms with Crippen LogP contribution in [0.4, 0.5) is 0 Å². The third kappa shape index (κ3) is 4.73. The molecule has 118 valence electrons. The van der Waals surface area contributed by atoms with E-state index in [2.05, 4.69) is 60.7 Å². The number of thioether (sulfide) groups is 1. The maximum Gasteiger partial charge on any atom is 0.0476 e. The zero-order chi connectivity index (χ0) is 15.1. The number of nitrogens with zero attached hydrogens (tertiary/aromatic N) is 1. The van der Waals surface area contributed by atoms with E-state index in [1.165, 1.54) is 37.1 Å². The van der Waals surface area contributed by atoms with Gasteiger partial charge in [0.1, 0.15) is 0 Å². The van der Waals surface area contributed by atoms with E-state index in [-0.39, 0.29) is 0 Å². The largest absolute Gasteiger partial charge is 0.311 e. The van der Waals surface area contributed by atoms with Crippen LogP contribution >= 0.6 is 11.8 Å².